The molecule has 0 amide bonds. The van der Waals surface area contributed by atoms with Gasteiger partial charge in [0, 0.05) is 12.3 Å². The normalized spacial score (nSPS) is 34.4. The number of aliphatic hydroxyl groups excluding tert-OH is 3. The average Bonchev–Trinajstić information content (AvgIpc) is 2.77. The van der Waals surface area contributed by atoms with E-state index in [1.165, 1.54) is 0 Å². The summed E-state index contributed by atoms with van der Waals surface area (Å²) in [6, 6.07) is 2.45. The Morgan fingerprint density at radius 1 is 1.55 bits per heavy atom. The lowest BCUT2D eigenvalue weighted by Crippen LogP contribution is -2.48. The zero-order valence-corrected chi connectivity index (χ0v) is 11.0. The Morgan fingerprint density at radius 2 is 2.23 bits per heavy atom. The predicted molar refractivity (Wildman–Crippen MR) is 66.4 cm³/mol. The van der Waals surface area contributed by atoms with Crippen LogP contribution in [0.4, 0.5) is 10.3 Å². The first kappa shape index (κ1) is 16.3. The number of nitrogens with zero attached hydrogens (tertiary/aromatic N) is 3. The molecule has 10 nitrogen and oxygen atoms in total. The zero-order valence-electron chi connectivity index (χ0n) is 11.0. The van der Waals surface area contributed by atoms with Crippen LogP contribution in [0.5, 0.6) is 0 Å². The fourth-order valence-corrected chi connectivity index (χ4v) is 2.29. The third-order valence-electron chi connectivity index (χ3n) is 3.52. The van der Waals surface area contributed by atoms with Crippen LogP contribution in [-0.2, 0) is 10.5 Å². The number of aromatic nitrogens is 2. The lowest BCUT2D eigenvalue weighted by molar-refractivity contribution is -0.167. The van der Waals surface area contributed by atoms with Crippen LogP contribution in [0, 0.1) is 11.3 Å². The molecule has 0 bridgehead atoms. The third kappa shape index (κ3) is 2.05. The van der Waals surface area contributed by atoms with E-state index in [4.69, 9.17) is 9.94 Å². The summed E-state index contributed by atoms with van der Waals surface area (Å²) in [6.07, 6.45) is -2.97. The number of hydrogen-bond acceptors (Lipinski definition) is 9. The van der Waals surface area contributed by atoms with E-state index < -0.39 is 48.3 Å². The molecule has 1 aromatic heterocycles. The molecular weight excluding hydrogens is 303 g/mol. The molecule has 0 aliphatic carbocycles. The van der Waals surface area contributed by atoms with Crippen molar-refractivity contribution in [3.05, 3.63) is 22.6 Å². The molecule has 11 heteroatoms. The summed E-state index contributed by atoms with van der Waals surface area (Å²) in [5.74, 6) is -0.576. The molecule has 0 saturated carbocycles. The van der Waals surface area contributed by atoms with Crippen molar-refractivity contribution in [2.45, 2.75) is 23.5 Å². The zero-order chi connectivity index (χ0) is 16.5. The Kier molecular flexibility index (Phi) is 4.14. The summed E-state index contributed by atoms with van der Waals surface area (Å²) in [7, 11) is 0. The van der Waals surface area contributed by atoms with Gasteiger partial charge in [-0.05, 0) is 0 Å². The van der Waals surface area contributed by atoms with Crippen LogP contribution in [0.3, 0.4) is 0 Å². The first-order chi connectivity index (χ1) is 10.4. The van der Waals surface area contributed by atoms with Gasteiger partial charge in [0.2, 0.25) is 5.95 Å². The Hall–Kier alpha value is -2.10. The molecule has 0 aromatic carbocycles. The summed E-state index contributed by atoms with van der Waals surface area (Å²) >= 11 is 0. The fraction of sp³-hybridized carbons (Fsp3) is 0.545. The van der Waals surface area contributed by atoms with E-state index in [1.54, 1.807) is 11.5 Å². The van der Waals surface area contributed by atoms with E-state index in [9.17, 15) is 29.8 Å². The molecule has 0 unspecified atom stereocenters. The standard InChI is InChI=1S/C11H13FN4O6/c12-3-10(5-17)7(19)8(20)11(4-13,22-10)16-2-1-6(18)14-9(16)15-21/h1-2,7-8,17,19-21H,3,5H2,(H,14,15,18)/t7-,8+,10+,11+/m0/s1. The molecule has 2 heterocycles. The summed E-state index contributed by atoms with van der Waals surface area (Å²) in [6.45, 7) is -2.40. The minimum Gasteiger partial charge on any atom is -0.393 e. The molecule has 0 spiro atoms. The Bertz CT molecular complexity index is 657. The van der Waals surface area contributed by atoms with Gasteiger partial charge in [-0.3, -0.25) is 14.6 Å². The number of aliphatic hydroxyl groups is 3. The van der Waals surface area contributed by atoms with Crippen LogP contribution in [0.25, 0.3) is 0 Å². The number of rotatable bonds is 4. The topological polar surface area (TPSA) is 161 Å². The molecule has 1 fully saturated rings. The molecule has 1 aromatic rings. The summed E-state index contributed by atoms with van der Waals surface area (Å²) in [5, 5.41) is 47.7. The molecule has 22 heavy (non-hydrogen) atoms. The number of nitrogens with one attached hydrogen (secondary N) is 1. The maximum Gasteiger partial charge on any atom is 0.274 e. The monoisotopic (exact) mass is 316 g/mol. The second kappa shape index (κ2) is 5.59. The van der Waals surface area contributed by atoms with Gasteiger partial charge in [-0.2, -0.15) is 10.2 Å². The van der Waals surface area contributed by atoms with Crippen molar-refractivity contribution >= 4 is 5.95 Å². The first-order valence-corrected chi connectivity index (χ1v) is 6.05. The second-order valence-electron chi connectivity index (χ2n) is 4.73. The lowest BCUT2D eigenvalue weighted by atomic mass is 9.95. The van der Waals surface area contributed by atoms with Gasteiger partial charge in [-0.1, -0.05) is 0 Å². The van der Waals surface area contributed by atoms with Crippen LogP contribution >= 0.6 is 0 Å². The highest BCUT2D eigenvalue weighted by molar-refractivity contribution is 5.29. The van der Waals surface area contributed by atoms with E-state index in [0.29, 0.717) is 0 Å². The van der Waals surface area contributed by atoms with Gasteiger partial charge < -0.3 is 20.1 Å². The SMILES string of the molecule is N#C[C@@]1(n2ccc(=O)nc2NO)O[C@@](CO)(CF)[C@@H](O)[C@H]1O. The summed E-state index contributed by atoms with van der Waals surface area (Å²) in [5.41, 5.74) is -3.88. The Labute approximate surface area is 122 Å². The molecular formula is C11H13FN4O6. The Balaban J connectivity index is 2.65. The third-order valence-corrected chi connectivity index (χ3v) is 3.52. The number of ether oxygens (including phenoxy) is 1. The number of halogens is 1. The Morgan fingerprint density at radius 3 is 2.68 bits per heavy atom. The van der Waals surface area contributed by atoms with Crippen molar-refractivity contribution in [1.82, 2.24) is 9.55 Å². The predicted octanol–water partition coefficient (Wildman–Crippen LogP) is -2.33. The van der Waals surface area contributed by atoms with Gasteiger partial charge in [-0.15, -0.1) is 0 Å². The van der Waals surface area contributed by atoms with Crippen LogP contribution < -0.4 is 11.0 Å². The van der Waals surface area contributed by atoms with E-state index in [-0.39, 0.29) is 0 Å². The van der Waals surface area contributed by atoms with Crippen LogP contribution in [-0.4, -0.2) is 61.2 Å². The molecule has 120 valence electrons. The van der Waals surface area contributed by atoms with Gasteiger partial charge in [0.1, 0.15) is 25.0 Å². The summed E-state index contributed by atoms with van der Waals surface area (Å²) in [4.78, 5) is 14.5. The number of nitriles is 1. The molecule has 4 atom stereocenters. The van der Waals surface area contributed by atoms with Crippen LogP contribution in [0.1, 0.15) is 0 Å². The second-order valence-corrected chi connectivity index (χ2v) is 4.73. The van der Waals surface area contributed by atoms with Crippen molar-refractivity contribution in [3.8, 4) is 6.07 Å². The molecule has 1 aliphatic rings. The highest BCUT2D eigenvalue weighted by atomic mass is 19.1. The van der Waals surface area contributed by atoms with Crippen molar-refractivity contribution in [2.24, 2.45) is 0 Å². The maximum absolute atomic E-state index is 13.2. The quantitative estimate of drug-likeness (QED) is 0.384. The van der Waals surface area contributed by atoms with Gasteiger partial charge in [0.25, 0.3) is 11.3 Å². The molecule has 2 rings (SSSR count). The molecule has 1 saturated heterocycles. The minimum atomic E-state index is -2.42. The fourth-order valence-electron chi connectivity index (χ4n) is 2.29. The van der Waals surface area contributed by atoms with Crippen molar-refractivity contribution in [3.63, 3.8) is 0 Å². The largest absolute Gasteiger partial charge is 0.393 e. The highest BCUT2D eigenvalue weighted by Crippen LogP contribution is 2.42. The van der Waals surface area contributed by atoms with Crippen LogP contribution in [0.15, 0.2) is 17.1 Å². The van der Waals surface area contributed by atoms with Crippen molar-refractivity contribution in [2.75, 3.05) is 18.8 Å². The number of alkyl halides is 1. The van der Waals surface area contributed by atoms with E-state index in [0.717, 1.165) is 16.8 Å². The van der Waals surface area contributed by atoms with Gasteiger partial charge >= 0.3 is 0 Å². The smallest absolute Gasteiger partial charge is 0.274 e. The minimum absolute atomic E-state index is 0.576. The maximum atomic E-state index is 13.2. The first-order valence-electron chi connectivity index (χ1n) is 6.05. The molecule has 1 aliphatic heterocycles. The van der Waals surface area contributed by atoms with Gasteiger partial charge in [-0.25, -0.2) is 9.87 Å². The summed E-state index contributed by atoms with van der Waals surface area (Å²) < 4.78 is 19.1. The lowest BCUT2D eigenvalue weighted by Gasteiger charge is -2.30. The molecule has 0 radical (unpaired) electrons. The van der Waals surface area contributed by atoms with Crippen LogP contribution in [0.2, 0.25) is 0 Å². The van der Waals surface area contributed by atoms with Gasteiger partial charge in [0.15, 0.2) is 5.60 Å². The van der Waals surface area contributed by atoms with E-state index in [2.05, 4.69) is 4.98 Å². The highest BCUT2D eigenvalue weighted by Gasteiger charge is 2.64. The number of hydrogen-bond donors (Lipinski definition) is 5. The average molecular weight is 316 g/mol. The van der Waals surface area contributed by atoms with E-state index >= 15 is 0 Å². The van der Waals surface area contributed by atoms with Gasteiger partial charge in [0.05, 0.1) is 6.61 Å². The van der Waals surface area contributed by atoms with Crippen molar-refractivity contribution < 1.29 is 29.7 Å². The molecule has 5 N–H and O–H groups in total. The van der Waals surface area contributed by atoms with E-state index in [1.807, 2.05) is 0 Å². The number of anilines is 1. The van der Waals surface area contributed by atoms with Crippen molar-refractivity contribution in [1.29, 1.82) is 5.26 Å².